The predicted molar refractivity (Wildman–Crippen MR) is 114 cm³/mol. The van der Waals surface area contributed by atoms with Crippen molar-refractivity contribution in [1.29, 1.82) is 0 Å². The molecule has 0 fully saturated rings. The average Bonchev–Trinajstić information content (AvgIpc) is 3.09. The third-order valence-electron chi connectivity index (χ3n) is 4.85. The maximum atomic E-state index is 12.9. The summed E-state index contributed by atoms with van der Waals surface area (Å²) in [7, 11) is 1.67. The molecule has 0 aliphatic heterocycles. The van der Waals surface area contributed by atoms with E-state index >= 15 is 0 Å². The fraction of sp³-hybridized carbons (Fsp3) is 0.350. The number of carbonyl (C=O) groups is 1. The maximum absolute atomic E-state index is 12.9. The summed E-state index contributed by atoms with van der Waals surface area (Å²) in [6.07, 6.45) is 4.14. The summed E-state index contributed by atoms with van der Waals surface area (Å²) in [4.78, 5) is 31.8. The van der Waals surface area contributed by atoms with E-state index in [1.54, 1.807) is 18.4 Å². The molecule has 0 saturated carbocycles. The number of thioether (sulfide) groups is 1. The lowest BCUT2D eigenvalue weighted by atomic mass is 9.97. The molecule has 1 aromatic carbocycles. The van der Waals surface area contributed by atoms with Gasteiger partial charge in [0.05, 0.1) is 11.1 Å². The van der Waals surface area contributed by atoms with Crippen LogP contribution in [0.1, 0.15) is 23.3 Å². The SMILES string of the molecule is Cn1c(SCC(=O)Nc2ccc(OC(F)F)cc2)nc2sc3c(c2c1=O)CCCC3. The first kappa shape index (κ1) is 20.8. The first-order chi connectivity index (χ1) is 14.4. The molecule has 0 saturated heterocycles. The normalized spacial score (nSPS) is 13.5. The third kappa shape index (κ3) is 4.34. The second-order valence-corrected chi connectivity index (χ2v) is 8.92. The molecule has 0 bridgehead atoms. The first-order valence-corrected chi connectivity index (χ1v) is 11.2. The van der Waals surface area contributed by atoms with Gasteiger partial charge in [0.15, 0.2) is 5.16 Å². The second kappa shape index (κ2) is 8.73. The van der Waals surface area contributed by atoms with Gasteiger partial charge in [-0.1, -0.05) is 11.8 Å². The zero-order chi connectivity index (χ0) is 21.3. The Balaban J connectivity index is 1.45. The number of thiophene rings is 1. The highest BCUT2D eigenvalue weighted by Gasteiger charge is 2.21. The van der Waals surface area contributed by atoms with Gasteiger partial charge in [-0.15, -0.1) is 11.3 Å². The molecule has 0 atom stereocenters. The Labute approximate surface area is 179 Å². The molecule has 10 heteroatoms. The van der Waals surface area contributed by atoms with E-state index in [-0.39, 0.29) is 23.0 Å². The van der Waals surface area contributed by atoms with Gasteiger partial charge in [-0.2, -0.15) is 8.78 Å². The Morgan fingerprint density at radius 2 is 2.03 bits per heavy atom. The molecule has 0 spiro atoms. The minimum atomic E-state index is -2.90. The monoisotopic (exact) mass is 451 g/mol. The summed E-state index contributed by atoms with van der Waals surface area (Å²) < 4.78 is 30.2. The Kier molecular flexibility index (Phi) is 6.05. The number of ether oxygens (including phenoxy) is 1. The summed E-state index contributed by atoms with van der Waals surface area (Å²) >= 11 is 2.76. The molecule has 1 aliphatic carbocycles. The van der Waals surface area contributed by atoms with Gasteiger partial charge in [0.1, 0.15) is 10.6 Å². The Morgan fingerprint density at radius 1 is 1.30 bits per heavy atom. The number of anilines is 1. The van der Waals surface area contributed by atoms with Gasteiger partial charge < -0.3 is 10.1 Å². The Morgan fingerprint density at radius 3 is 2.77 bits per heavy atom. The number of nitrogens with one attached hydrogen (secondary N) is 1. The quantitative estimate of drug-likeness (QED) is 0.449. The highest BCUT2D eigenvalue weighted by molar-refractivity contribution is 7.99. The molecule has 2 aromatic heterocycles. The third-order valence-corrected chi connectivity index (χ3v) is 7.07. The molecular weight excluding hydrogens is 432 g/mol. The van der Waals surface area contributed by atoms with Crippen molar-refractivity contribution in [3.8, 4) is 5.75 Å². The van der Waals surface area contributed by atoms with Gasteiger partial charge in [0, 0.05) is 17.6 Å². The smallest absolute Gasteiger partial charge is 0.387 e. The molecule has 158 valence electrons. The van der Waals surface area contributed by atoms with Crippen molar-refractivity contribution in [2.75, 3.05) is 11.1 Å². The van der Waals surface area contributed by atoms with Gasteiger partial charge >= 0.3 is 6.61 Å². The van der Waals surface area contributed by atoms with Gasteiger partial charge in [-0.3, -0.25) is 14.2 Å². The van der Waals surface area contributed by atoms with Crippen molar-refractivity contribution < 1.29 is 18.3 Å². The number of nitrogens with zero attached hydrogens (tertiary/aromatic N) is 2. The van der Waals surface area contributed by atoms with E-state index in [0.717, 1.165) is 41.5 Å². The summed E-state index contributed by atoms with van der Waals surface area (Å²) in [5.74, 6) is -0.211. The van der Waals surface area contributed by atoms with Crippen LogP contribution in [0.3, 0.4) is 0 Å². The highest BCUT2D eigenvalue weighted by atomic mass is 32.2. The summed E-state index contributed by atoms with van der Waals surface area (Å²) in [6, 6.07) is 5.67. The number of aromatic nitrogens is 2. The lowest BCUT2D eigenvalue weighted by Crippen LogP contribution is -2.22. The van der Waals surface area contributed by atoms with Crippen LogP contribution in [0.15, 0.2) is 34.2 Å². The van der Waals surface area contributed by atoms with Crippen LogP contribution in [-0.2, 0) is 24.7 Å². The van der Waals surface area contributed by atoms with Crippen molar-refractivity contribution in [2.45, 2.75) is 37.5 Å². The van der Waals surface area contributed by atoms with Gasteiger partial charge in [-0.25, -0.2) is 4.98 Å². The molecule has 0 radical (unpaired) electrons. The number of amides is 1. The molecular formula is C20H19F2N3O3S2. The van der Waals surface area contributed by atoms with Crippen molar-refractivity contribution in [3.05, 3.63) is 45.1 Å². The van der Waals surface area contributed by atoms with E-state index in [1.807, 2.05) is 0 Å². The van der Waals surface area contributed by atoms with Crippen LogP contribution in [0, 0.1) is 0 Å². The second-order valence-electron chi connectivity index (χ2n) is 6.89. The number of hydrogen-bond donors (Lipinski definition) is 1. The summed E-state index contributed by atoms with van der Waals surface area (Å²) in [5.41, 5.74) is 1.53. The molecule has 1 aliphatic rings. The number of benzene rings is 1. The van der Waals surface area contributed by atoms with Crippen LogP contribution in [0.25, 0.3) is 10.2 Å². The van der Waals surface area contributed by atoms with Crippen molar-refractivity contribution in [2.24, 2.45) is 7.05 Å². The number of aryl methyl sites for hydroxylation is 2. The van der Waals surface area contributed by atoms with Crippen LogP contribution in [0.2, 0.25) is 0 Å². The molecule has 30 heavy (non-hydrogen) atoms. The fourth-order valence-corrected chi connectivity index (χ4v) is 5.52. The van der Waals surface area contributed by atoms with E-state index in [1.165, 1.54) is 45.5 Å². The number of hydrogen-bond acceptors (Lipinski definition) is 6. The van der Waals surface area contributed by atoms with Crippen LogP contribution < -0.4 is 15.6 Å². The summed E-state index contributed by atoms with van der Waals surface area (Å²) in [6.45, 7) is -2.90. The maximum Gasteiger partial charge on any atom is 0.387 e. The topological polar surface area (TPSA) is 73.2 Å². The Hall–Kier alpha value is -2.46. The van der Waals surface area contributed by atoms with E-state index in [4.69, 9.17) is 0 Å². The number of halogens is 2. The highest BCUT2D eigenvalue weighted by Crippen LogP contribution is 2.34. The number of carbonyl (C=O) groups excluding carboxylic acids is 1. The van der Waals surface area contributed by atoms with E-state index in [2.05, 4.69) is 15.0 Å². The lowest BCUT2D eigenvalue weighted by Gasteiger charge is -2.11. The van der Waals surface area contributed by atoms with Gasteiger partial charge in [0.25, 0.3) is 5.56 Å². The fourth-order valence-electron chi connectivity index (χ4n) is 3.44. The molecule has 2 heterocycles. The molecule has 4 rings (SSSR count). The number of alkyl halides is 2. The van der Waals surface area contributed by atoms with Crippen LogP contribution >= 0.6 is 23.1 Å². The van der Waals surface area contributed by atoms with E-state index in [0.29, 0.717) is 10.8 Å². The van der Waals surface area contributed by atoms with E-state index < -0.39 is 6.61 Å². The van der Waals surface area contributed by atoms with Gasteiger partial charge in [-0.05, 0) is 55.5 Å². The zero-order valence-electron chi connectivity index (χ0n) is 16.1. The number of fused-ring (bicyclic) bond motifs is 3. The van der Waals surface area contributed by atoms with E-state index in [9.17, 15) is 18.4 Å². The number of rotatable bonds is 6. The lowest BCUT2D eigenvalue weighted by molar-refractivity contribution is -0.113. The average molecular weight is 452 g/mol. The summed E-state index contributed by atoms with van der Waals surface area (Å²) in [5, 5.41) is 3.90. The van der Waals surface area contributed by atoms with Crippen LogP contribution in [0.4, 0.5) is 14.5 Å². The molecule has 3 aromatic rings. The minimum absolute atomic E-state index is 0.0171. The van der Waals surface area contributed by atoms with Crippen molar-refractivity contribution >= 4 is 44.9 Å². The molecule has 1 amide bonds. The zero-order valence-corrected chi connectivity index (χ0v) is 17.7. The predicted octanol–water partition coefficient (Wildman–Crippen LogP) is 4.21. The van der Waals surface area contributed by atoms with Crippen LogP contribution in [-0.4, -0.2) is 27.8 Å². The van der Waals surface area contributed by atoms with Crippen LogP contribution in [0.5, 0.6) is 5.75 Å². The standard InChI is InChI=1S/C20H19F2N3O3S2/c1-25-18(27)16-13-4-2-3-5-14(13)30-17(16)24-20(25)29-10-15(26)23-11-6-8-12(9-7-11)28-19(21)22/h6-9,19H,2-5,10H2,1H3,(H,23,26). The van der Waals surface area contributed by atoms with Crippen molar-refractivity contribution in [1.82, 2.24) is 9.55 Å². The first-order valence-electron chi connectivity index (χ1n) is 9.41. The largest absolute Gasteiger partial charge is 0.435 e. The van der Waals surface area contributed by atoms with Gasteiger partial charge in [0.2, 0.25) is 5.91 Å². The molecule has 6 nitrogen and oxygen atoms in total. The van der Waals surface area contributed by atoms with Crippen molar-refractivity contribution in [3.63, 3.8) is 0 Å². The Bertz CT molecular complexity index is 1140. The molecule has 1 N–H and O–H groups in total. The minimum Gasteiger partial charge on any atom is -0.435 e. The molecule has 0 unspecified atom stereocenters.